The van der Waals surface area contributed by atoms with Gasteiger partial charge in [0, 0.05) is 5.41 Å². The maximum atomic E-state index is 4.81. The minimum Gasteiger partial charge on any atom is -0.342 e. The Morgan fingerprint density at radius 2 is 1.76 bits per heavy atom. The van der Waals surface area contributed by atoms with Crippen LogP contribution in [0.15, 0.2) is 12.1 Å². The zero-order valence-electron chi connectivity index (χ0n) is 10.9. The number of aromatic amines is 1. The second kappa shape index (κ2) is 3.59. The molecule has 2 aromatic rings. The number of fused-ring (bicyclic) bond motifs is 1. The Kier molecular flexibility index (Phi) is 2.29. The quantitative estimate of drug-likeness (QED) is 0.785. The molecule has 0 bridgehead atoms. The minimum absolute atomic E-state index is 0.279. The van der Waals surface area contributed by atoms with Gasteiger partial charge >= 0.3 is 0 Å². The third-order valence-corrected chi connectivity index (χ3v) is 4.38. The van der Waals surface area contributed by atoms with Crippen LogP contribution in [0.25, 0.3) is 11.0 Å². The van der Waals surface area contributed by atoms with Gasteiger partial charge in [-0.05, 0) is 49.9 Å². The van der Waals surface area contributed by atoms with Crippen molar-refractivity contribution in [2.45, 2.75) is 51.9 Å². The summed E-state index contributed by atoms with van der Waals surface area (Å²) < 4.78 is 0. The lowest BCUT2D eigenvalue weighted by molar-refractivity contribution is 0.465. The summed E-state index contributed by atoms with van der Waals surface area (Å²) in [5.41, 5.74) is 5.25. The molecular formula is C15H20N2. The molecule has 1 saturated carbocycles. The Labute approximate surface area is 102 Å². The van der Waals surface area contributed by atoms with Crippen molar-refractivity contribution in [3.05, 3.63) is 29.1 Å². The van der Waals surface area contributed by atoms with Crippen LogP contribution >= 0.6 is 0 Å². The van der Waals surface area contributed by atoms with Gasteiger partial charge in [-0.3, -0.25) is 0 Å². The predicted octanol–water partition coefficient (Wildman–Crippen LogP) is 4.01. The molecule has 0 saturated heterocycles. The van der Waals surface area contributed by atoms with E-state index in [1.165, 1.54) is 48.2 Å². The number of benzene rings is 1. The molecule has 2 heteroatoms. The standard InChI is InChI=1S/C15H20N2/c1-10-8-12-13(9-11(10)2)17-14(16-12)15(3)6-4-5-7-15/h8-9H,4-7H2,1-3H3,(H,16,17). The van der Waals surface area contributed by atoms with E-state index in [1.807, 2.05) is 0 Å². The summed E-state index contributed by atoms with van der Waals surface area (Å²) in [6.07, 6.45) is 5.22. The van der Waals surface area contributed by atoms with Crippen LogP contribution in [0.3, 0.4) is 0 Å². The molecule has 1 aromatic heterocycles. The van der Waals surface area contributed by atoms with E-state index in [1.54, 1.807) is 0 Å². The molecule has 17 heavy (non-hydrogen) atoms. The number of hydrogen-bond acceptors (Lipinski definition) is 1. The topological polar surface area (TPSA) is 28.7 Å². The number of H-pyrrole nitrogens is 1. The molecule has 90 valence electrons. The Balaban J connectivity index is 2.13. The average Bonchev–Trinajstić information content (AvgIpc) is 2.87. The van der Waals surface area contributed by atoms with E-state index in [9.17, 15) is 0 Å². The van der Waals surface area contributed by atoms with Crippen LogP contribution in [0.4, 0.5) is 0 Å². The molecule has 0 spiro atoms. The van der Waals surface area contributed by atoms with Crippen LogP contribution < -0.4 is 0 Å². The smallest absolute Gasteiger partial charge is 0.113 e. The number of aryl methyl sites for hydroxylation is 2. The lowest BCUT2D eigenvalue weighted by Crippen LogP contribution is -2.18. The Hall–Kier alpha value is -1.31. The largest absolute Gasteiger partial charge is 0.342 e. The molecule has 2 nitrogen and oxygen atoms in total. The Morgan fingerprint density at radius 1 is 1.12 bits per heavy atom. The van der Waals surface area contributed by atoms with Gasteiger partial charge in [0.05, 0.1) is 11.0 Å². The summed E-state index contributed by atoms with van der Waals surface area (Å²) in [4.78, 5) is 8.35. The van der Waals surface area contributed by atoms with Crippen molar-refractivity contribution in [3.63, 3.8) is 0 Å². The van der Waals surface area contributed by atoms with Gasteiger partial charge in [0.1, 0.15) is 5.82 Å². The summed E-state index contributed by atoms with van der Waals surface area (Å²) in [6.45, 7) is 6.66. The molecule has 0 atom stereocenters. The third-order valence-electron chi connectivity index (χ3n) is 4.38. The molecule has 1 aliphatic rings. The van der Waals surface area contributed by atoms with Crippen molar-refractivity contribution < 1.29 is 0 Å². The van der Waals surface area contributed by atoms with E-state index in [0.717, 1.165) is 5.52 Å². The summed E-state index contributed by atoms with van der Waals surface area (Å²) >= 11 is 0. The van der Waals surface area contributed by atoms with Gasteiger partial charge in [-0.2, -0.15) is 0 Å². The summed E-state index contributed by atoms with van der Waals surface area (Å²) in [7, 11) is 0. The van der Waals surface area contributed by atoms with Gasteiger partial charge in [-0.25, -0.2) is 4.98 Å². The molecule has 1 aromatic carbocycles. The monoisotopic (exact) mass is 228 g/mol. The number of aromatic nitrogens is 2. The number of imidazole rings is 1. The van der Waals surface area contributed by atoms with Crippen molar-refractivity contribution >= 4 is 11.0 Å². The van der Waals surface area contributed by atoms with Crippen LogP contribution in [-0.4, -0.2) is 9.97 Å². The fourth-order valence-electron chi connectivity index (χ4n) is 2.95. The molecule has 0 aliphatic heterocycles. The summed E-state index contributed by atoms with van der Waals surface area (Å²) in [5.74, 6) is 1.19. The number of hydrogen-bond donors (Lipinski definition) is 1. The van der Waals surface area contributed by atoms with Crippen molar-refractivity contribution in [2.75, 3.05) is 0 Å². The SMILES string of the molecule is Cc1cc2nc(C3(C)CCCC3)[nH]c2cc1C. The molecule has 1 fully saturated rings. The molecule has 1 heterocycles. The highest BCUT2D eigenvalue weighted by atomic mass is 14.9. The second-order valence-electron chi connectivity index (χ2n) is 5.81. The first-order valence-electron chi connectivity index (χ1n) is 6.56. The molecule has 0 unspecified atom stereocenters. The first-order valence-corrected chi connectivity index (χ1v) is 6.56. The van der Waals surface area contributed by atoms with E-state index in [-0.39, 0.29) is 5.41 Å². The van der Waals surface area contributed by atoms with Gasteiger partial charge in [0.15, 0.2) is 0 Å². The first kappa shape index (κ1) is 10.8. The van der Waals surface area contributed by atoms with Crippen molar-refractivity contribution in [3.8, 4) is 0 Å². The maximum Gasteiger partial charge on any atom is 0.113 e. The molecular weight excluding hydrogens is 208 g/mol. The summed E-state index contributed by atoms with van der Waals surface area (Å²) in [6, 6.07) is 4.42. The zero-order chi connectivity index (χ0) is 12.0. The number of nitrogens with one attached hydrogen (secondary N) is 1. The fourth-order valence-corrected chi connectivity index (χ4v) is 2.95. The van der Waals surface area contributed by atoms with Crippen LogP contribution in [0.2, 0.25) is 0 Å². The Morgan fingerprint density at radius 3 is 2.47 bits per heavy atom. The van der Waals surface area contributed by atoms with Crippen molar-refractivity contribution in [2.24, 2.45) is 0 Å². The zero-order valence-corrected chi connectivity index (χ0v) is 10.9. The molecule has 1 aliphatic carbocycles. The van der Waals surface area contributed by atoms with Gasteiger partial charge in [0.25, 0.3) is 0 Å². The van der Waals surface area contributed by atoms with Gasteiger partial charge in [-0.1, -0.05) is 19.8 Å². The third kappa shape index (κ3) is 1.67. The predicted molar refractivity (Wildman–Crippen MR) is 71.4 cm³/mol. The molecule has 3 rings (SSSR count). The van der Waals surface area contributed by atoms with Gasteiger partial charge in [-0.15, -0.1) is 0 Å². The lowest BCUT2D eigenvalue weighted by Gasteiger charge is -2.19. The number of nitrogens with zero attached hydrogens (tertiary/aromatic N) is 1. The minimum atomic E-state index is 0.279. The van der Waals surface area contributed by atoms with Crippen LogP contribution in [0, 0.1) is 13.8 Å². The van der Waals surface area contributed by atoms with E-state index in [0.29, 0.717) is 0 Å². The first-order chi connectivity index (χ1) is 8.08. The maximum absolute atomic E-state index is 4.81. The van der Waals surface area contributed by atoms with Crippen molar-refractivity contribution in [1.29, 1.82) is 0 Å². The highest BCUT2D eigenvalue weighted by Gasteiger charge is 2.33. The fraction of sp³-hybridized carbons (Fsp3) is 0.533. The van der Waals surface area contributed by atoms with Gasteiger partial charge < -0.3 is 4.98 Å². The lowest BCUT2D eigenvalue weighted by atomic mass is 9.88. The van der Waals surface area contributed by atoms with E-state index >= 15 is 0 Å². The van der Waals surface area contributed by atoms with E-state index in [2.05, 4.69) is 37.9 Å². The number of rotatable bonds is 1. The van der Waals surface area contributed by atoms with E-state index < -0.39 is 0 Å². The Bertz CT molecular complexity index is 521. The molecule has 0 radical (unpaired) electrons. The van der Waals surface area contributed by atoms with Crippen LogP contribution in [0.1, 0.15) is 49.6 Å². The highest BCUT2D eigenvalue weighted by molar-refractivity contribution is 5.77. The molecule has 1 N–H and O–H groups in total. The van der Waals surface area contributed by atoms with Gasteiger partial charge in [0.2, 0.25) is 0 Å². The second-order valence-corrected chi connectivity index (χ2v) is 5.81. The average molecular weight is 228 g/mol. The summed E-state index contributed by atoms with van der Waals surface area (Å²) in [5, 5.41) is 0. The normalized spacial score (nSPS) is 19.0. The highest BCUT2D eigenvalue weighted by Crippen LogP contribution is 2.39. The van der Waals surface area contributed by atoms with Crippen LogP contribution in [-0.2, 0) is 5.41 Å². The van der Waals surface area contributed by atoms with Crippen LogP contribution in [0.5, 0.6) is 0 Å². The molecule has 0 amide bonds. The van der Waals surface area contributed by atoms with Crippen molar-refractivity contribution in [1.82, 2.24) is 9.97 Å². The van der Waals surface area contributed by atoms with E-state index in [4.69, 9.17) is 4.98 Å².